The fourth-order valence-electron chi connectivity index (χ4n) is 2.80. The highest BCUT2D eigenvalue weighted by Crippen LogP contribution is 2.34. The van der Waals surface area contributed by atoms with E-state index in [4.69, 9.17) is 5.73 Å². The van der Waals surface area contributed by atoms with E-state index >= 15 is 0 Å². The number of aromatic nitrogens is 1. The van der Waals surface area contributed by atoms with Gasteiger partial charge in [0.15, 0.2) is 0 Å². The average molecular weight is 307 g/mol. The largest absolute Gasteiger partial charge is 0.399 e. The molecule has 2 heterocycles. The molecule has 0 bridgehead atoms. The summed E-state index contributed by atoms with van der Waals surface area (Å²) >= 11 is 0. The summed E-state index contributed by atoms with van der Waals surface area (Å²) < 4.78 is 27.3. The first kappa shape index (κ1) is 14.4. The van der Waals surface area contributed by atoms with E-state index in [0.717, 1.165) is 18.4 Å². The number of sulfonamides is 1. The molecule has 6 heteroatoms. The fourth-order valence-corrected chi connectivity index (χ4v) is 4.39. The SMILES string of the molecule is CC1(C)CCN(S(=O)(=O)c2c[nH]c3ccc(N)cc23)CC1. The monoisotopic (exact) mass is 307 g/mol. The number of nitrogens with one attached hydrogen (secondary N) is 1. The Balaban J connectivity index is 1.99. The molecule has 0 atom stereocenters. The molecule has 0 spiro atoms. The minimum absolute atomic E-state index is 0.219. The number of fused-ring (bicyclic) bond motifs is 1. The summed E-state index contributed by atoms with van der Waals surface area (Å²) in [5.74, 6) is 0. The van der Waals surface area contributed by atoms with Gasteiger partial charge >= 0.3 is 0 Å². The smallest absolute Gasteiger partial charge is 0.245 e. The van der Waals surface area contributed by atoms with Crippen molar-refractivity contribution in [2.45, 2.75) is 31.6 Å². The standard InChI is InChI=1S/C15H21N3O2S/c1-15(2)5-7-18(8-6-15)21(19,20)14-10-17-13-4-3-11(16)9-12(13)14/h3-4,9-10,17H,5-8,16H2,1-2H3. The topological polar surface area (TPSA) is 79.2 Å². The minimum Gasteiger partial charge on any atom is -0.399 e. The highest BCUT2D eigenvalue weighted by molar-refractivity contribution is 7.89. The van der Waals surface area contributed by atoms with Gasteiger partial charge in [0.05, 0.1) is 0 Å². The van der Waals surface area contributed by atoms with Gasteiger partial charge in [0.25, 0.3) is 0 Å². The normalized spacial score (nSPS) is 19.9. The maximum atomic E-state index is 12.8. The third kappa shape index (κ3) is 2.53. The summed E-state index contributed by atoms with van der Waals surface area (Å²) in [6.07, 6.45) is 3.34. The predicted molar refractivity (Wildman–Crippen MR) is 84.5 cm³/mol. The molecule has 5 nitrogen and oxygen atoms in total. The van der Waals surface area contributed by atoms with E-state index in [1.807, 2.05) is 6.07 Å². The number of anilines is 1. The Bertz CT molecular complexity index is 767. The molecule has 3 rings (SSSR count). The number of nitrogen functional groups attached to an aromatic ring is 1. The molecular formula is C15H21N3O2S. The fraction of sp³-hybridized carbons (Fsp3) is 0.467. The van der Waals surface area contributed by atoms with Gasteiger partial charge in [-0.2, -0.15) is 4.31 Å². The highest BCUT2D eigenvalue weighted by atomic mass is 32.2. The van der Waals surface area contributed by atoms with Crippen LogP contribution in [-0.4, -0.2) is 30.8 Å². The first-order valence-corrected chi connectivity index (χ1v) is 8.60. The third-order valence-corrected chi connectivity index (χ3v) is 6.30. The zero-order valence-electron chi connectivity index (χ0n) is 12.4. The number of rotatable bonds is 2. The molecule has 2 aromatic rings. The lowest BCUT2D eigenvalue weighted by Crippen LogP contribution is -2.41. The van der Waals surface area contributed by atoms with Crippen molar-refractivity contribution in [1.29, 1.82) is 0 Å². The van der Waals surface area contributed by atoms with Crippen LogP contribution in [0.1, 0.15) is 26.7 Å². The summed E-state index contributed by atoms with van der Waals surface area (Å²) in [6.45, 7) is 5.52. The van der Waals surface area contributed by atoms with Crippen LogP contribution in [0.5, 0.6) is 0 Å². The molecule has 0 saturated carbocycles. The van der Waals surface area contributed by atoms with Crippen LogP contribution < -0.4 is 5.73 Å². The molecule has 0 radical (unpaired) electrons. The van der Waals surface area contributed by atoms with E-state index in [2.05, 4.69) is 18.8 Å². The Kier molecular flexibility index (Phi) is 3.26. The van der Waals surface area contributed by atoms with Crippen molar-refractivity contribution in [3.05, 3.63) is 24.4 Å². The van der Waals surface area contributed by atoms with Crippen molar-refractivity contribution < 1.29 is 8.42 Å². The lowest BCUT2D eigenvalue weighted by atomic mass is 9.83. The van der Waals surface area contributed by atoms with E-state index in [9.17, 15) is 8.42 Å². The summed E-state index contributed by atoms with van der Waals surface area (Å²) in [5, 5.41) is 0.667. The molecule has 1 aromatic carbocycles. The van der Waals surface area contributed by atoms with Crippen LogP contribution in [0.25, 0.3) is 10.9 Å². The van der Waals surface area contributed by atoms with Gasteiger partial charge < -0.3 is 10.7 Å². The van der Waals surface area contributed by atoms with Crippen LogP contribution in [0.15, 0.2) is 29.3 Å². The number of nitrogens with two attached hydrogens (primary N) is 1. The molecule has 114 valence electrons. The van der Waals surface area contributed by atoms with Crippen molar-refractivity contribution in [2.75, 3.05) is 18.8 Å². The molecule has 1 aromatic heterocycles. The molecule has 0 amide bonds. The van der Waals surface area contributed by atoms with Crippen molar-refractivity contribution in [3.63, 3.8) is 0 Å². The van der Waals surface area contributed by atoms with Gasteiger partial charge in [0.2, 0.25) is 10.0 Å². The number of H-pyrrole nitrogens is 1. The lowest BCUT2D eigenvalue weighted by Gasteiger charge is -2.35. The van der Waals surface area contributed by atoms with Crippen molar-refractivity contribution in [2.24, 2.45) is 5.41 Å². The van der Waals surface area contributed by atoms with Gasteiger partial charge in [-0.15, -0.1) is 0 Å². The van der Waals surface area contributed by atoms with Crippen molar-refractivity contribution in [1.82, 2.24) is 9.29 Å². The molecule has 3 N–H and O–H groups in total. The molecular weight excluding hydrogens is 286 g/mol. The Hall–Kier alpha value is -1.53. The summed E-state index contributed by atoms with van der Waals surface area (Å²) in [5.41, 5.74) is 7.37. The number of hydrogen-bond acceptors (Lipinski definition) is 3. The lowest BCUT2D eigenvalue weighted by molar-refractivity contribution is 0.196. The van der Waals surface area contributed by atoms with Gasteiger partial charge in [0.1, 0.15) is 4.90 Å². The molecule has 1 saturated heterocycles. The molecule has 0 unspecified atom stereocenters. The Morgan fingerprint density at radius 3 is 2.57 bits per heavy atom. The summed E-state index contributed by atoms with van der Waals surface area (Å²) in [4.78, 5) is 3.34. The Morgan fingerprint density at radius 2 is 1.90 bits per heavy atom. The van der Waals surface area contributed by atoms with E-state index in [1.54, 1.807) is 22.6 Å². The minimum atomic E-state index is -3.47. The van der Waals surface area contributed by atoms with E-state index < -0.39 is 10.0 Å². The van der Waals surface area contributed by atoms with Crippen LogP contribution in [0.4, 0.5) is 5.69 Å². The second kappa shape index (κ2) is 4.74. The number of hydrogen-bond donors (Lipinski definition) is 2. The quantitative estimate of drug-likeness (QED) is 0.837. The maximum Gasteiger partial charge on any atom is 0.245 e. The maximum absolute atomic E-state index is 12.8. The zero-order valence-corrected chi connectivity index (χ0v) is 13.2. The molecule has 21 heavy (non-hydrogen) atoms. The van der Waals surface area contributed by atoms with E-state index in [0.29, 0.717) is 29.1 Å². The van der Waals surface area contributed by atoms with Gasteiger partial charge in [-0.1, -0.05) is 13.8 Å². The molecule has 1 aliphatic heterocycles. The predicted octanol–water partition coefficient (Wildman–Crippen LogP) is 2.56. The van der Waals surface area contributed by atoms with Crippen LogP contribution in [0.2, 0.25) is 0 Å². The van der Waals surface area contributed by atoms with Crippen molar-refractivity contribution >= 4 is 26.6 Å². The zero-order chi connectivity index (χ0) is 15.3. The van der Waals surface area contributed by atoms with Crippen molar-refractivity contribution in [3.8, 4) is 0 Å². The van der Waals surface area contributed by atoms with E-state index in [-0.39, 0.29) is 5.41 Å². The molecule has 1 fully saturated rings. The van der Waals surface area contributed by atoms with Crippen LogP contribution >= 0.6 is 0 Å². The van der Waals surface area contributed by atoms with Crippen LogP contribution in [-0.2, 0) is 10.0 Å². The first-order valence-electron chi connectivity index (χ1n) is 7.16. The second-order valence-corrected chi connectivity index (χ2v) is 8.43. The number of nitrogens with zero attached hydrogens (tertiary/aromatic N) is 1. The second-order valence-electron chi connectivity index (χ2n) is 6.53. The first-order chi connectivity index (χ1) is 9.79. The van der Waals surface area contributed by atoms with Gasteiger partial charge in [-0.3, -0.25) is 0 Å². The Morgan fingerprint density at radius 1 is 1.24 bits per heavy atom. The van der Waals surface area contributed by atoms with Crippen LogP contribution in [0, 0.1) is 5.41 Å². The molecule has 0 aliphatic carbocycles. The highest BCUT2D eigenvalue weighted by Gasteiger charge is 2.33. The van der Waals surface area contributed by atoms with Gasteiger partial charge in [-0.25, -0.2) is 8.42 Å². The summed E-state index contributed by atoms with van der Waals surface area (Å²) in [6, 6.07) is 5.29. The number of piperidine rings is 1. The third-order valence-electron chi connectivity index (χ3n) is 4.36. The summed E-state index contributed by atoms with van der Waals surface area (Å²) in [7, 11) is -3.47. The van der Waals surface area contributed by atoms with E-state index in [1.165, 1.54) is 0 Å². The number of benzene rings is 1. The van der Waals surface area contributed by atoms with Crippen LogP contribution in [0.3, 0.4) is 0 Å². The van der Waals surface area contributed by atoms with Gasteiger partial charge in [-0.05, 0) is 36.5 Å². The molecule has 1 aliphatic rings. The Labute approximate surface area is 125 Å². The number of aromatic amines is 1. The average Bonchev–Trinajstić information content (AvgIpc) is 2.81. The van der Waals surface area contributed by atoms with Gasteiger partial charge in [0, 0.05) is 35.9 Å².